The highest BCUT2D eigenvalue weighted by Crippen LogP contribution is 2.15. The van der Waals surface area contributed by atoms with E-state index in [9.17, 15) is 14.4 Å². The quantitative estimate of drug-likeness (QED) is 0.0262. The minimum atomic E-state index is -0.785. The first-order chi connectivity index (χ1) is 32.5. The Morgan fingerprint density at radius 3 is 0.864 bits per heavy atom. The van der Waals surface area contributed by atoms with Crippen LogP contribution in [0.5, 0.6) is 0 Å². The molecule has 6 heteroatoms. The van der Waals surface area contributed by atoms with Crippen molar-refractivity contribution < 1.29 is 28.6 Å². The summed E-state index contributed by atoms with van der Waals surface area (Å²) in [5, 5.41) is 0. The number of rotatable bonds is 51. The van der Waals surface area contributed by atoms with Crippen LogP contribution in [0.15, 0.2) is 60.8 Å². The molecule has 1 atom stereocenters. The first-order valence-electron chi connectivity index (χ1n) is 28.3. The minimum absolute atomic E-state index is 0.0823. The van der Waals surface area contributed by atoms with Crippen LogP contribution in [0.25, 0.3) is 0 Å². The number of carbonyl (C=O) groups is 3. The van der Waals surface area contributed by atoms with E-state index < -0.39 is 6.10 Å². The third-order valence-electron chi connectivity index (χ3n) is 12.2. The van der Waals surface area contributed by atoms with Crippen LogP contribution in [0.3, 0.4) is 0 Å². The molecular formula is C60H106O6. The molecule has 0 aliphatic rings. The van der Waals surface area contributed by atoms with Gasteiger partial charge in [0.05, 0.1) is 0 Å². The van der Waals surface area contributed by atoms with Crippen LogP contribution in [-0.4, -0.2) is 37.2 Å². The van der Waals surface area contributed by atoms with Crippen molar-refractivity contribution in [1.82, 2.24) is 0 Å². The van der Waals surface area contributed by atoms with Gasteiger partial charge in [0.1, 0.15) is 13.2 Å². The summed E-state index contributed by atoms with van der Waals surface area (Å²) >= 11 is 0. The Bertz CT molecular complexity index is 1200. The molecule has 0 heterocycles. The highest BCUT2D eigenvalue weighted by molar-refractivity contribution is 5.71. The molecule has 0 aromatic carbocycles. The van der Waals surface area contributed by atoms with Gasteiger partial charge in [0.25, 0.3) is 0 Å². The number of hydrogen-bond donors (Lipinski definition) is 0. The summed E-state index contributed by atoms with van der Waals surface area (Å²) < 4.78 is 16.8. The fourth-order valence-electron chi connectivity index (χ4n) is 7.95. The summed E-state index contributed by atoms with van der Waals surface area (Å²) in [6.45, 7) is 6.60. The molecule has 0 aromatic heterocycles. The third kappa shape index (κ3) is 52.1. The zero-order chi connectivity index (χ0) is 47.9. The molecule has 0 amide bonds. The number of carbonyl (C=O) groups excluding carboxylic acids is 3. The van der Waals surface area contributed by atoms with Gasteiger partial charge in [-0.15, -0.1) is 0 Å². The van der Waals surface area contributed by atoms with Gasteiger partial charge in [-0.2, -0.15) is 0 Å². The first-order valence-corrected chi connectivity index (χ1v) is 28.3. The van der Waals surface area contributed by atoms with E-state index >= 15 is 0 Å². The van der Waals surface area contributed by atoms with Crippen molar-refractivity contribution in [3.8, 4) is 0 Å². The molecule has 0 aliphatic carbocycles. The molecule has 0 fully saturated rings. The predicted molar refractivity (Wildman–Crippen MR) is 284 cm³/mol. The monoisotopic (exact) mass is 923 g/mol. The SMILES string of the molecule is CCCCCC/C=C\C/C=C\CCCCCCCC(=O)OC(COC(=O)CCCCCCCC/C=C\C/C=C\C/C=C\CCCCCCC)COC(=O)CCCCCCCCCCCCC. The Hall–Kier alpha value is -2.89. The van der Waals surface area contributed by atoms with E-state index in [1.807, 2.05) is 0 Å². The molecule has 6 nitrogen and oxygen atoms in total. The molecule has 0 rings (SSSR count). The third-order valence-corrected chi connectivity index (χ3v) is 12.2. The molecule has 0 saturated heterocycles. The average Bonchev–Trinajstić information content (AvgIpc) is 3.31. The molecule has 0 radical (unpaired) electrons. The van der Waals surface area contributed by atoms with Gasteiger partial charge in [0, 0.05) is 19.3 Å². The smallest absolute Gasteiger partial charge is 0.306 e. The van der Waals surface area contributed by atoms with Crippen LogP contribution in [0, 0.1) is 0 Å². The van der Waals surface area contributed by atoms with Crippen molar-refractivity contribution in [2.45, 2.75) is 290 Å². The van der Waals surface area contributed by atoms with E-state index in [0.29, 0.717) is 19.3 Å². The summed E-state index contributed by atoms with van der Waals surface area (Å²) in [6.07, 6.45) is 67.8. The molecule has 0 bridgehead atoms. The molecular weight excluding hydrogens is 817 g/mol. The maximum Gasteiger partial charge on any atom is 0.306 e. The van der Waals surface area contributed by atoms with E-state index in [1.165, 1.54) is 141 Å². The lowest BCUT2D eigenvalue weighted by Gasteiger charge is -2.18. The summed E-state index contributed by atoms with van der Waals surface area (Å²) in [6, 6.07) is 0. The molecule has 0 saturated carbocycles. The van der Waals surface area contributed by atoms with E-state index in [-0.39, 0.29) is 31.1 Å². The number of allylic oxidation sites excluding steroid dienone is 10. The van der Waals surface area contributed by atoms with E-state index in [0.717, 1.165) is 103 Å². The Morgan fingerprint density at radius 2 is 0.545 bits per heavy atom. The van der Waals surface area contributed by atoms with Crippen molar-refractivity contribution in [2.24, 2.45) is 0 Å². The van der Waals surface area contributed by atoms with E-state index in [1.54, 1.807) is 0 Å². The van der Waals surface area contributed by atoms with Gasteiger partial charge in [-0.25, -0.2) is 0 Å². The van der Waals surface area contributed by atoms with Gasteiger partial charge < -0.3 is 14.2 Å². The standard InChI is InChI=1S/C60H106O6/c1-4-7-10-13-16-19-22-24-26-28-29-30-31-32-34-35-38-41-44-47-50-53-59(62)65-56-57(55-64-58(61)52-49-46-43-40-37-21-18-15-12-9-6-3)66-60(63)54-51-48-45-42-39-36-33-27-25-23-20-17-14-11-8-5-2/h20,22-24,27-29,31-33,57H,4-19,21,25-26,30,34-56H2,1-3H3/b23-20-,24-22-,29-28-,32-31-,33-27-. The van der Waals surface area contributed by atoms with Gasteiger partial charge in [-0.3, -0.25) is 14.4 Å². The molecule has 66 heavy (non-hydrogen) atoms. The van der Waals surface area contributed by atoms with Crippen LogP contribution in [-0.2, 0) is 28.6 Å². The maximum absolute atomic E-state index is 12.8. The van der Waals surface area contributed by atoms with Gasteiger partial charge in [-0.05, 0) is 89.9 Å². The highest BCUT2D eigenvalue weighted by atomic mass is 16.6. The number of hydrogen-bond acceptors (Lipinski definition) is 6. The number of ether oxygens (including phenoxy) is 3. The van der Waals surface area contributed by atoms with Crippen molar-refractivity contribution in [1.29, 1.82) is 0 Å². The second-order valence-corrected chi connectivity index (χ2v) is 18.8. The normalized spacial score (nSPS) is 12.5. The van der Waals surface area contributed by atoms with Gasteiger partial charge in [0.15, 0.2) is 6.10 Å². The summed E-state index contributed by atoms with van der Waals surface area (Å²) in [5.74, 6) is -0.901. The zero-order valence-electron chi connectivity index (χ0n) is 43.7. The lowest BCUT2D eigenvalue weighted by molar-refractivity contribution is -0.167. The van der Waals surface area contributed by atoms with E-state index in [2.05, 4.69) is 81.5 Å². The summed E-state index contributed by atoms with van der Waals surface area (Å²) in [4.78, 5) is 38.1. The zero-order valence-corrected chi connectivity index (χ0v) is 43.7. The molecule has 0 aliphatic heterocycles. The van der Waals surface area contributed by atoms with Crippen molar-refractivity contribution in [3.63, 3.8) is 0 Å². The van der Waals surface area contributed by atoms with E-state index in [4.69, 9.17) is 14.2 Å². The Balaban J connectivity index is 4.37. The van der Waals surface area contributed by atoms with Crippen molar-refractivity contribution in [3.05, 3.63) is 60.8 Å². The van der Waals surface area contributed by atoms with Crippen molar-refractivity contribution >= 4 is 17.9 Å². The fraction of sp³-hybridized carbons (Fsp3) is 0.783. The largest absolute Gasteiger partial charge is 0.462 e. The number of esters is 3. The molecule has 382 valence electrons. The van der Waals surface area contributed by atoms with Crippen LogP contribution in [0.2, 0.25) is 0 Å². The Kier molecular flexibility index (Phi) is 52.3. The van der Waals surface area contributed by atoms with Crippen LogP contribution in [0.1, 0.15) is 284 Å². The second-order valence-electron chi connectivity index (χ2n) is 18.8. The number of unbranched alkanes of at least 4 members (excludes halogenated alkanes) is 30. The second kappa shape index (κ2) is 54.7. The van der Waals surface area contributed by atoms with Crippen LogP contribution in [0.4, 0.5) is 0 Å². The molecule has 0 aromatic rings. The molecule has 0 N–H and O–H groups in total. The summed E-state index contributed by atoms with van der Waals surface area (Å²) in [5.41, 5.74) is 0. The van der Waals surface area contributed by atoms with Crippen LogP contribution < -0.4 is 0 Å². The fourth-order valence-corrected chi connectivity index (χ4v) is 7.95. The van der Waals surface area contributed by atoms with Gasteiger partial charge in [0.2, 0.25) is 0 Å². The predicted octanol–water partition coefficient (Wildman–Crippen LogP) is 18.8. The Labute approximate surface area is 409 Å². The summed E-state index contributed by atoms with van der Waals surface area (Å²) in [7, 11) is 0. The Morgan fingerprint density at radius 1 is 0.303 bits per heavy atom. The molecule has 0 spiro atoms. The minimum Gasteiger partial charge on any atom is -0.462 e. The lowest BCUT2D eigenvalue weighted by atomic mass is 10.1. The lowest BCUT2D eigenvalue weighted by Crippen LogP contribution is -2.30. The van der Waals surface area contributed by atoms with Gasteiger partial charge >= 0.3 is 17.9 Å². The van der Waals surface area contributed by atoms with Gasteiger partial charge in [-0.1, -0.05) is 236 Å². The average molecular weight is 924 g/mol. The first kappa shape index (κ1) is 63.1. The topological polar surface area (TPSA) is 78.9 Å². The van der Waals surface area contributed by atoms with Crippen LogP contribution >= 0.6 is 0 Å². The molecule has 1 unspecified atom stereocenters. The van der Waals surface area contributed by atoms with Crippen molar-refractivity contribution in [2.75, 3.05) is 13.2 Å². The maximum atomic E-state index is 12.8. The highest BCUT2D eigenvalue weighted by Gasteiger charge is 2.19.